The van der Waals surface area contributed by atoms with E-state index < -0.39 is 25.5 Å². The Balaban J connectivity index is 2.95. The summed E-state index contributed by atoms with van der Waals surface area (Å²) in [6, 6.07) is 1.74. The second-order valence-corrected chi connectivity index (χ2v) is 5.68. The van der Waals surface area contributed by atoms with E-state index in [1.165, 1.54) is 7.05 Å². The first kappa shape index (κ1) is 11.2. The number of hydrogen-bond donors (Lipinski definition) is 0. The Bertz CT molecular complexity index is 730. The van der Waals surface area contributed by atoms with Crippen LogP contribution in [0, 0.1) is 5.82 Å². The van der Waals surface area contributed by atoms with Crippen LogP contribution < -0.4 is 5.76 Å². The number of rotatable bonds is 1. The van der Waals surface area contributed by atoms with Crippen molar-refractivity contribution in [3.8, 4) is 0 Å². The molecular weight excluding hydrogens is 261 g/mol. The second kappa shape index (κ2) is 3.33. The van der Waals surface area contributed by atoms with E-state index in [9.17, 15) is 17.6 Å². The lowest BCUT2D eigenvalue weighted by Crippen LogP contribution is -2.09. The van der Waals surface area contributed by atoms with Gasteiger partial charge in [0.25, 0.3) is 9.05 Å². The summed E-state index contributed by atoms with van der Waals surface area (Å²) in [5.41, 5.74) is -0.263. The molecule has 0 atom stereocenters. The van der Waals surface area contributed by atoms with Gasteiger partial charge in [-0.3, -0.25) is 4.57 Å². The van der Waals surface area contributed by atoms with Crippen molar-refractivity contribution < 1.29 is 17.2 Å². The van der Waals surface area contributed by atoms with Gasteiger partial charge in [0.05, 0.1) is 4.90 Å². The van der Waals surface area contributed by atoms with E-state index >= 15 is 0 Å². The van der Waals surface area contributed by atoms with E-state index in [1.54, 1.807) is 0 Å². The summed E-state index contributed by atoms with van der Waals surface area (Å²) in [4.78, 5) is 10.6. The summed E-state index contributed by atoms with van der Waals surface area (Å²) >= 11 is 0. The molecule has 1 heterocycles. The first-order valence-corrected chi connectivity index (χ1v) is 6.35. The van der Waals surface area contributed by atoms with Crippen LogP contribution in [0.25, 0.3) is 11.1 Å². The van der Waals surface area contributed by atoms with Crippen LogP contribution in [0.2, 0.25) is 0 Å². The molecule has 0 spiro atoms. The van der Waals surface area contributed by atoms with Crippen molar-refractivity contribution in [2.45, 2.75) is 4.90 Å². The van der Waals surface area contributed by atoms with Crippen LogP contribution in [0.5, 0.6) is 0 Å². The predicted octanol–water partition coefficient (Wildman–Crippen LogP) is 1.20. The van der Waals surface area contributed by atoms with Crippen molar-refractivity contribution in [2.24, 2.45) is 7.05 Å². The fourth-order valence-electron chi connectivity index (χ4n) is 1.35. The lowest BCUT2D eigenvalue weighted by Gasteiger charge is -1.98. The fraction of sp³-hybridized carbons (Fsp3) is 0.125. The number of oxazole rings is 1. The fourth-order valence-corrected chi connectivity index (χ4v) is 2.11. The van der Waals surface area contributed by atoms with Crippen molar-refractivity contribution in [1.29, 1.82) is 0 Å². The molecule has 2 aromatic rings. The van der Waals surface area contributed by atoms with Crippen LogP contribution in [-0.4, -0.2) is 13.0 Å². The average Bonchev–Trinajstić information content (AvgIpc) is 2.41. The molecule has 0 saturated carbocycles. The van der Waals surface area contributed by atoms with Crippen molar-refractivity contribution in [2.75, 3.05) is 0 Å². The van der Waals surface area contributed by atoms with Gasteiger partial charge in [0, 0.05) is 23.8 Å². The van der Waals surface area contributed by atoms with Gasteiger partial charge >= 0.3 is 5.76 Å². The SMILES string of the molecule is Cn1c(=O)oc2cc(S(=O)(=O)Cl)cc(F)c21. The summed E-state index contributed by atoms with van der Waals surface area (Å²) in [5.74, 6) is -1.66. The minimum Gasteiger partial charge on any atom is -0.408 e. The van der Waals surface area contributed by atoms with E-state index in [2.05, 4.69) is 4.42 Å². The number of fused-ring (bicyclic) bond motifs is 1. The topological polar surface area (TPSA) is 69.3 Å². The third-order valence-electron chi connectivity index (χ3n) is 2.09. The lowest BCUT2D eigenvalue weighted by molar-refractivity contribution is 0.527. The Labute approximate surface area is 93.5 Å². The van der Waals surface area contributed by atoms with Crippen molar-refractivity contribution in [1.82, 2.24) is 4.57 Å². The largest absolute Gasteiger partial charge is 0.419 e. The standard InChI is InChI=1S/C8H5ClFNO4S/c1-11-7-5(10)2-4(16(9,13)14)3-6(7)15-8(11)12/h2-3H,1H3. The van der Waals surface area contributed by atoms with Gasteiger partial charge in [-0.1, -0.05) is 0 Å². The van der Waals surface area contributed by atoms with Crippen LogP contribution in [0.3, 0.4) is 0 Å². The van der Waals surface area contributed by atoms with Gasteiger partial charge in [-0.25, -0.2) is 17.6 Å². The van der Waals surface area contributed by atoms with Crippen molar-refractivity contribution >= 4 is 30.8 Å². The maximum Gasteiger partial charge on any atom is 0.419 e. The number of halogens is 2. The third kappa shape index (κ3) is 1.61. The van der Waals surface area contributed by atoms with E-state index in [1.807, 2.05) is 0 Å². The molecule has 5 nitrogen and oxygen atoms in total. The second-order valence-electron chi connectivity index (χ2n) is 3.12. The minimum atomic E-state index is -4.06. The highest BCUT2D eigenvalue weighted by Gasteiger charge is 2.18. The zero-order chi connectivity index (χ0) is 12.1. The zero-order valence-corrected chi connectivity index (χ0v) is 9.47. The Kier molecular flexibility index (Phi) is 2.32. The molecule has 16 heavy (non-hydrogen) atoms. The highest BCUT2D eigenvalue weighted by Crippen LogP contribution is 2.23. The molecule has 0 fully saturated rings. The third-order valence-corrected chi connectivity index (χ3v) is 3.42. The highest BCUT2D eigenvalue weighted by molar-refractivity contribution is 8.13. The summed E-state index contributed by atoms with van der Waals surface area (Å²) < 4.78 is 41.1. The maximum atomic E-state index is 13.5. The molecule has 0 radical (unpaired) electrons. The van der Waals surface area contributed by atoms with Gasteiger partial charge in [-0.05, 0) is 6.07 Å². The van der Waals surface area contributed by atoms with Gasteiger partial charge in [0.2, 0.25) is 0 Å². The van der Waals surface area contributed by atoms with Crippen LogP contribution >= 0.6 is 10.7 Å². The minimum absolute atomic E-state index is 0.103. The number of aryl methyl sites for hydroxylation is 1. The average molecular weight is 266 g/mol. The van der Waals surface area contributed by atoms with Crippen LogP contribution in [0.1, 0.15) is 0 Å². The molecule has 1 aromatic heterocycles. The Morgan fingerprint density at radius 1 is 1.44 bits per heavy atom. The first-order valence-electron chi connectivity index (χ1n) is 4.04. The maximum absolute atomic E-state index is 13.5. The molecule has 1 aromatic carbocycles. The monoisotopic (exact) mass is 265 g/mol. The van der Waals surface area contributed by atoms with E-state index in [-0.39, 0.29) is 11.1 Å². The summed E-state index contributed by atoms with van der Waals surface area (Å²) in [6.45, 7) is 0. The van der Waals surface area contributed by atoms with Crippen LogP contribution in [0.15, 0.2) is 26.2 Å². The van der Waals surface area contributed by atoms with Crippen molar-refractivity contribution in [3.63, 3.8) is 0 Å². The van der Waals surface area contributed by atoms with Gasteiger partial charge < -0.3 is 4.42 Å². The van der Waals surface area contributed by atoms with E-state index in [0.717, 1.165) is 16.7 Å². The number of nitrogens with zero attached hydrogens (tertiary/aromatic N) is 1. The first-order chi connectivity index (χ1) is 7.30. The van der Waals surface area contributed by atoms with Gasteiger partial charge in [0.1, 0.15) is 5.52 Å². The lowest BCUT2D eigenvalue weighted by atomic mass is 10.3. The quantitative estimate of drug-likeness (QED) is 0.727. The zero-order valence-electron chi connectivity index (χ0n) is 7.90. The Hall–Kier alpha value is -1.34. The molecule has 0 N–H and O–H groups in total. The molecule has 0 saturated heterocycles. The Morgan fingerprint density at radius 3 is 2.62 bits per heavy atom. The summed E-state index contributed by atoms with van der Waals surface area (Å²) in [5, 5.41) is 0. The molecule has 0 unspecified atom stereocenters. The van der Waals surface area contributed by atoms with E-state index in [0.29, 0.717) is 0 Å². The molecule has 86 valence electrons. The highest BCUT2D eigenvalue weighted by atomic mass is 35.7. The number of benzene rings is 1. The molecule has 0 aliphatic heterocycles. The van der Waals surface area contributed by atoms with E-state index in [4.69, 9.17) is 10.7 Å². The molecule has 0 aliphatic rings. The van der Waals surface area contributed by atoms with Gasteiger partial charge in [-0.2, -0.15) is 0 Å². The Morgan fingerprint density at radius 2 is 2.06 bits per heavy atom. The number of aromatic nitrogens is 1. The molecule has 0 amide bonds. The number of hydrogen-bond acceptors (Lipinski definition) is 4. The molecule has 0 bridgehead atoms. The molecular formula is C8H5ClFNO4S. The summed E-state index contributed by atoms with van der Waals surface area (Å²) in [7, 11) is 2.31. The smallest absolute Gasteiger partial charge is 0.408 e. The van der Waals surface area contributed by atoms with Gasteiger partial charge in [-0.15, -0.1) is 0 Å². The summed E-state index contributed by atoms with van der Waals surface area (Å²) in [6.07, 6.45) is 0. The molecule has 0 aliphatic carbocycles. The van der Waals surface area contributed by atoms with Crippen LogP contribution in [-0.2, 0) is 16.1 Å². The molecule has 8 heteroatoms. The normalized spacial score (nSPS) is 12.2. The van der Waals surface area contributed by atoms with Crippen LogP contribution in [0.4, 0.5) is 4.39 Å². The molecule has 2 rings (SSSR count). The van der Waals surface area contributed by atoms with Crippen molar-refractivity contribution in [3.05, 3.63) is 28.5 Å². The van der Waals surface area contributed by atoms with Gasteiger partial charge in [0.15, 0.2) is 11.4 Å². The predicted molar refractivity (Wildman–Crippen MR) is 54.5 cm³/mol.